The van der Waals surface area contributed by atoms with Gasteiger partial charge in [0.15, 0.2) is 0 Å². The SMILES string of the molecule is CC(N)Cc1ccc(N2CCCC2C)c(F)c1. The molecular weight excluding hydrogens is 215 g/mol. The summed E-state index contributed by atoms with van der Waals surface area (Å²) in [6.07, 6.45) is 3.04. The Hall–Kier alpha value is -1.09. The van der Waals surface area contributed by atoms with E-state index in [9.17, 15) is 4.39 Å². The normalized spacial score (nSPS) is 21.9. The van der Waals surface area contributed by atoms with Crippen molar-refractivity contribution in [1.29, 1.82) is 0 Å². The zero-order chi connectivity index (χ0) is 12.4. The first-order chi connectivity index (χ1) is 8.08. The van der Waals surface area contributed by atoms with Gasteiger partial charge in [-0.2, -0.15) is 0 Å². The molecule has 94 valence electrons. The molecule has 2 unspecified atom stereocenters. The molecule has 0 spiro atoms. The van der Waals surface area contributed by atoms with Crippen molar-refractivity contribution < 1.29 is 4.39 Å². The minimum Gasteiger partial charge on any atom is -0.366 e. The lowest BCUT2D eigenvalue weighted by Gasteiger charge is -2.24. The minimum atomic E-state index is -0.114. The molecule has 2 rings (SSSR count). The van der Waals surface area contributed by atoms with E-state index in [1.807, 2.05) is 19.1 Å². The molecule has 0 bridgehead atoms. The molecule has 2 nitrogen and oxygen atoms in total. The topological polar surface area (TPSA) is 29.3 Å². The molecule has 1 aromatic rings. The lowest BCUT2D eigenvalue weighted by atomic mass is 10.1. The van der Waals surface area contributed by atoms with Gasteiger partial charge in [-0.1, -0.05) is 6.07 Å². The predicted octanol–water partition coefficient (Wildman–Crippen LogP) is 2.70. The largest absolute Gasteiger partial charge is 0.366 e. The van der Waals surface area contributed by atoms with Gasteiger partial charge in [0, 0.05) is 18.6 Å². The van der Waals surface area contributed by atoms with Crippen LogP contribution >= 0.6 is 0 Å². The van der Waals surface area contributed by atoms with E-state index >= 15 is 0 Å². The van der Waals surface area contributed by atoms with Crippen LogP contribution in [0.4, 0.5) is 10.1 Å². The molecule has 1 aromatic carbocycles. The quantitative estimate of drug-likeness (QED) is 0.874. The Labute approximate surface area is 103 Å². The number of hydrogen-bond acceptors (Lipinski definition) is 2. The van der Waals surface area contributed by atoms with Crippen LogP contribution in [0.25, 0.3) is 0 Å². The van der Waals surface area contributed by atoms with Crippen LogP contribution in [0.1, 0.15) is 32.3 Å². The van der Waals surface area contributed by atoms with Crippen LogP contribution in [0.3, 0.4) is 0 Å². The van der Waals surface area contributed by atoms with Crippen LogP contribution in [0, 0.1) is 5.82 Å². The van der Waals surface area contributed by atoms with E-state index in [0.29, 0.717) is 6.04 Å². The van der Waals surface area contributed by atoms with E-state index in [-0.39, 0.29) is 11.9 Å². The third-order valence-electron chi connectivity index (χ3n) is 3.43. The molecule has 1 fully saturated rings. The highest BCUT2D eigenvalue weighted by Gasteiger charge is 2.22. The Balaban J connectivity index is 2.19. The second-order valence-corrected chi connectivity index (χ2v) is 5.15. The summed E-state index contributed by atoms with van der Waals surface area (Å²) in [4.78, 5) is 2.16. The Kier molecular flexibility index (Phi) is 3.67. The van der Waals surface area contributed by atoms with Gasteiger partial charge in [-0.3, -0.25) is 0 Å². The average molecular weight is 236 g/mol. The van der Waals surface area contributed by atoms with Gasteiger partial charge in [-0.15, -0.1) is 0 Å². The van der Waals surface area contributed by atoms with Crippen molar-refractivity contribution in [3.63, 3.8) is 0 Å². The summed E-state index contributed by atoms with van der Waals surface area (Å²) in [5.41, 5.74) is 7.44. The van der Waals surface area contributed by atoms with Crippen LogP contribution in [0.5, 0.6) is 0 Å². The van der Waals surface area contributed by atoms with Crippen molar-refractivity contribution in [2.24, 2.45) is 5.73 Å². The highest BCUT2D eigenvalue weighted by Crippen LogP contribution is 2.28. The van der Waals surface area contributed by atoms with Gasteiger partial charge in [-0.25, -0.2) is 4.39 Å². The number of halogens is 1. The molecule has 3 heteroatoms. The van der Waals surface area contributed by atoms with Crippen molar-refractivity contribution in [1.82, 2.24) is 0 Å². The highest BCUT2D eigenvalue weighted by molar-refractivity contribution is 5.51. The lowest BCUT2D eigenvalue weighted by molar-refractivity contribution is 0.609. The van der Waals surface area contributed by atoms with E-state index in [4.69, 9.17) is 5.73 Å². The van der Waals surface area contributed by atoms with Crippen molar-refractivity contribution in [2.75, 3.05) is 11.4 Å². The van der Waals surface area contributed by atoms with Crippen LogP contribution < -0.4 is 10.6 Å². The predicted molar refractivity (Wildman–Crippen MR) is 69.8 cm³/mol. The maximum atomic E-state index is 14.0. The Bertz CT molecular complexity index is 390. The monoisotopic (exact) mass is 236 g/mol. The standard InChI is InChI=1S/C14H21FN2/c1-10(16)8-12-5-6-14(13(15)9-12)17-7-3-4-11(17)2/h5-6,9-11H,3-4,7-8,16H2,1-2H3. The van der Waals surface area contributed by atoms with Gasteiger partial charge in [0.2, 0.25) is 0 Å². The molecule has 1 heterocycles. The van der Waals surface area contributed by atoms with Crippen LogP contribution in [0.2, 0.25) is 0 Å². The van der Waals surface area contributed by atoms with E-state index < -0.39 is 0 Å². The average Bonchev–Trinajstić information content (AvgIpc) is 2.64. The van der Waals surface area contributed by atoms with E-state index in [1.165, 1.54) is 0 Å². The summed E-state index contributed by atoms with van der Waals surface area (Å²) in [5, 5.41) is 0. The van der Waals surface area contributed by atoms with E-state index in [1.54, 1.807) is 6.07 Å². The fourth-order valence-corrected chi connectivity index (χ4v) is 2.57. The molecule has 0 radical (unpaired) electrons. The molecule has 17 heavy (non-hydrogen) atoms. The summed E-state index contributed by atoms with van der Waals surface area (Å²) in [6, 6.07) is 6.04. The van der Waals surface area contributed by atoms with Gasteiger partial charge in [0.25, 0.3) is 0 Å². The molecule has 2 N–H and O–H groups in total. The number of anilines is 1. The van der Waals surface area contributed by atoms with Crippen molar-refractivity contribution in [2.45, 2.75) is 45.2 Å². The van der Waals surface area contributed by atoms with Crippen molar-refractivity contribution in [3.8, 4) is 0 Å². The highest BCUT2D eigenvalue weighted by atomic mass is 19.1. The van der Waals surface area contributed by atoms with Crippen molar-refractivity contribution >= 4 is 5.69 Å². The molecule has 0 aromatic heterocycles. The summed E-state index contributed by atoms with van der Waals surface area (Å²) in [6.45, 7) is 5.06. The number of benzene rings is 1. The molecule has 2 atom stereocenters. The minimum absolute atomic E-state index is 0.0750. The number of rotatable bonds is 3. The molecule has 0 aliphatic carbocycles. The van der Waals surface area contributed by atoms with Gasteiger partial charge < -0.3 is 10.6 Å². The van der Waals surface area contributed by atoms with Crippen LogP contribution in [-0.4, -0.2) is 18.6 Å². The summed E-state index contributed by atoms with van der Waals surface area (Å²) in [5.74, 6) is -0.114. The number of hydrogen-bond donors (Lipinski definition) is 1. The van der Waals surface area contributed by atoms with E-state index in [2.05, 4.69) is 11.8 Å². The van der Waals surface area contributed by atoms with Gasteiger partial charge >= 0.3 is 0 Å². The second-order valence-electron chi connectivity index (χ2n) is 5.15. The number of nitrogens with two attached hydrogens (primary N) is 1. The third kappa shape index (κ3) is 2.78. The first kappa shape index (κ1) is 12.4. The second kappa shape index (κ2) is 5.05. The molecule has 0 amide bonds. The van der Waals surface area contributed by atoms with Crippen LogP contribution in [0.15, 0.2) is 18.2 Å². The van der Waals surface area contributed by atoms with Crippen LogP contribution in [-0.2, 0) is 6.42 Å². The number of nitrogens with zero attached hydrogens (tertiary/aromatic N) is 1. The van der Waals surface area contributed by atoms with Gasteiger partial charge in [0.1, 0.15) is 5.82 Å². The maximum absolute atomic E-state index is 14.0. The Morgan fingerprint density at radius 1 is 1.53 bits per heavy atom. The Morgan fingerprint density at radius 3 is 2.82 bits per heavy atom. The van der Waals surface area contributed by atoms with E-state index in [0.717, 1.165) is 37.1 Å². The summed E-state index contributed by atoms with van der Waals surface area (Å²) in [7, 11) is 0. The molecule has 1 saturated heterocycles. The fraction of sp³-hybridized carbons (Fsp3) is 0.571. The third-order valence-corrected chi connectivity index (χ3v) is 3.43. The maximum Gasteiger partial charge on any atom is 0.146 e. The van der Waals surface area contributed by atoms with Gasteiger partial charge in [0.05, 0.1) is 5.69 Å². The molecule has 0 saturated carbocycles. The molecule has 1 aliphatic rings. The fourth-order valence-electron chi connectivity index (χ4n) is 2.57. The summed E-state index contributed by atoms with van der Waals surface area (Å²) < 4.78 is 14.0. The summed E-state index contributed by atoms with van der Waals surface area (Å²) >= 11 is 0. The van der Waals surface area contributed by atoms with Crippen molar-refractivity contribution in [3.05, 3.63) is 29.6 Å². The molecule has 1 aliphatic heterocycles. The van der Waals surface area contributed by atoms with Gasteiger partial charge in [-0.05, 0) is 50.8 Å². The first-order valence-electron chi connectivity index (χ1n) is 6.38. The lowest BCUT2D eigenvalue weighted by Crippen LogP contribution is -2.27. The first-order valence-corrected chi connectivity index (χ1v) is 6.38. The molecular formula is C14H21FN2. The smallest absolute Gasteiger partial charge is 0.146 e. The zero-order valence-electron chi connectivity index (χ0n) is 10.6. The Morgan fingerprint density at radius 2 is 2.29 bits per heavy atom. The zero-order valence-corrected chi connectivity index (χ0v) is 10.6.